The molecule has 2 aliphatic rings. The number of halogens is 3. The van der Waals surface area contributed by atoms with Crippen LogP contribution < -0.4 is 0 Å². The molecule has 2 rings (SSSR count). The van der Waals surface area contributed by atoms with Crippen molar-refractivity contribution in [2.45, 2.75) is 64.0 Å². The smallest absolute Gasteiger partial charge is 0.106 e. The summed E-state index contributed by atoms with van der Waals surface area (Å²) in [4.78, 5) is 0. The van der Waals surface area contributed by atoms with Crippen LogP contribution in [0.25, 0.3) is 0 Å². The van der Waals surface area contributed by atoms with Crippen LogP contribution in [0.1, 0.15) is 45.4 Å². The quantitative estimate of drug-likeness (QED) is 0.636. The van der Waals surface area contributed by atoms with E-state index in [9.17, 15) is 13.2 Å². The molecule has 0 radical (unpaired) electrons. The molecule has 0 aromatic carbocycles. The molecule has 0 aromatic rings. The molecule has 0 amide bonds. The van der Waals surface area contributed by atoms with E-state index in [4.69, 9.17) is 0 Å². The van der Waals surface area contributed by atoms with Crippen molar-refractivity contribution in [3.63, 3.8) is 0 Å². The van der Waals surface area contributed by atoms with Gasteiger partial charge in [0, 0.05) is 5.92 Å². The van der Waals surface area contributed by atoms with Gasteiger partial charge in [-0.3, -0.25) is 0 Å². The van der Waals surface area contributed by atoms with E-state index in [2.05, 4.69) is 0 Å². The van der Waals surface area contributed by atoms with Gasteiger partial charge in [0.05, 0.1) is 0 Å². The van der Waals surface area contributed by atoms with Crippen LogP contribution in [0.4, 0.5) is 13.2 Å². The Morgan fingerprint density at radius 2 is 1.31 bits per heavy atom. The van der Waals surface area contributed by atoms with Crippen molar-refractivity contribution < 1.29 is 13.2 Å². The van der Waals surface area contributed by atoms with Crippen LogP contribution in [-0.4, -0.2) is 18.5 Å². The Balaban J connectivity index is 1.97. The first-order valence-corrected chi connectivity index (χ1v) is 6.50. The molecule has 2 fully saturated rings. The summed E-state index contributed by atoms with van der Waals surface area (Å²) in [5, 5.41) is 0. The summed E-state index contributed by atoms with van der Waals surface area (Å²) < 4.78 is 40.8. The van der Waals surface area contributed by atoms with Crippen molar-refractivity contribution in [3.8, 4) is 0 Å². The van der Waals surface area contributed by atoms with E-state index >= 15 is 0 Å². The van der Waals surface area contributed by atoms with Gasteiger partial charge in [0.25, 0.3) is 0 Å². The first kappa shape index (κ1) is 12.3. The second-order valence-electron chi connectivity index (χ2n) is 5.70. The fourth-order valence-corrected chi connectivity index (χ4v) is 3.46. The first-order chi connectivity index (χ1) is 7.58. The number of hydrogen-bond donors (Lipinski definition) is 0. The van der Waals surface area contributed by atoms with Gasteiger partial charge in [0.1, 0.15) is 18.5 Å². The van der Waals surface area contributed by atoms with Crippen LogP contribution in [0, 0.1) is 17.8 Å². The molecule has 0 nitrogen and oxygen atoms in total. The molecule has 0 N–H and O–H groups in total. The van der Waals surface area contributed by atoms with Gasteiger partial charge < -0.3 is 0 Å². The third-order valence-corrected chi connectivity index (χ3v) is 4.34. The Bertz CT molecular complexity index is 211. The predicted octanol–water partition coefficient (Wildman–Crippen LogP) is 4.24. The van der Waals surface area contributed by atoms with E-state index in [1.165, 1.54) is 0 Å². The number of alkyl halides is 3. The maximum atomic E-state index is 13.9. The zero-order chi connectivity index (χ0) is 11.7. The first-order valence-electron chi connectivity index (χ1n) is 6.50. The summed E-state index contributed by atoms with van der Waals surface area (Å²) in [5.74, 6) is -0.230. The number of hydrogen-bond acceptors (Lipinski definition) is 0. The molecular formula is C13H21F3. The molecule has 2 saturated carbocycles. The Morgan fingerprint density at radius 1 is 0.812 bits per heavy atom. The minimum Gasteiger partial charge on any atom is -0.247 e. The molecule has 2 atom stereocenters. The Kier molecular flexibility index (Phi) is 3.81. The molecule has 16 heavy (non-hydrogen) atoms. The van der Waals surface area contributed by atoms with Crippen LogP contribution in [0.2, 0.25) is 0 Å². The summed E-state index contributed by atoms with van der Waals surface area (Å²) in [6.07, 6.45) is 0.533. The second kappa shape index (κ2) is 4.97. The minimum absolute atomic E-state index is 0.0736. The average molecular weight is 234 g/mol. The number of rotatable bonds is 1. The maximum Gasteiger partial charge on any atom is 0.106 e. The van der Waals surface area contributed by atoms with E-state index in [0.717, 1.165) is 0 Å². The van der Waals surface area contributed by atoms with Crippen molar-refractivity contribution in [2.24, 2.45) is 17.8 Å². The van der Waals surface area contributed by atoms with Crippen molar-refractivity contribution in [2.75, 3.05) is 0 Å². The van der Waals surface area contributed by atoms with Gasteiger partial charge in [-0.1, -0.05) is 6.92 Å². The van der Waals surface area contributed by atoms with Gasteiger partial charge in [-0.25, -0.2) is 13.2 Å². The van der Waals surface area contributed by atoms with Crippen LogP contribution in [0.15, 0.2) is 0 Å². The Morgan fingerprint density at radius 3 is 1.81 bits per heavy atom. The van der Waals surface area contributed by atoms with E-state index < -0.39 is 24.4 Å². The maximum absolute atomic E-state index is 13.9. The van der Waals surface area contributed by atoms with Crippen molar-refractivity contribution in [3.05, 3.63) is 0 Å². The molecule has 0 saturated heterocycles. The molecule has 0 aromatic heterocycles. The van der Waals surface area contributed by atoms with Crippen LogP contribution in [0.3, 0.4) is 0 Å². The van der Waals surface area contributed by atoms with Gasteiger partial charge in [0.2, 0.25) is 0 Å². The zero-order valence-electron chi connectivity index (χ0n) is 9.84. The van der Waals surface area contributed by atoms with E-state index in [-0.39, 0.29) is 11.8 Å². The summed E-state index contributed by atoms with van der Waals surface area (Å²) in [7, 11) is 0. The zero-order valence-corrected chi connectivity index (χ0v) is 9.84. The molecule has 0 bridgehead atoms. The Labute approximate surface area is 95.6 Å². The summed E-state index contributed by atoms with van der Waals surface area (Å²) >= 11 is 0. The third kappa shape index (κ3) is 2.54. The molecule has 2 unspecified atom stereocenters. The molecule has 2 aliphatic carbocycles. The monoisotopic (exact) mass is 234 g/mol. The van der Waals surface area contributed by atoms with Gasteiger partial charge >= 0.3 is 0 Å². The van der Waals surface area contributed by atoms with Crippen LogP contribution in [-0.2, 0) is 0 Å². The van der Waals surface area contributed by atoms with Gasteiger partial charge in [-0.2, -0.15) is 0 Å². The fourth-order valence-electron chi connectivity index (χ4n) is 3.46. The van der Waals surface area contributed by atoms with Gasteiger partial charge in [0.15, 0.2) is 0 Å². The molecule has 94 valence electrons. The molecule has 3 heteroatoms. The topological polar surface area (TPSA) is 0 Å². The second-order valence-corrected chi connectivity index (χ2v) is 5.70. The van der Waals surface area contributed by atoms with Crippen LogP contribution in [0.5, 0.6) is 0 Å². The largest absolute Gasteiger partial charge is 0.247 e. The van der Waals surface area contributed by atoms with Gasteiger partial charge in [-0.05, 0) is 50.4 Å². The predicted molar refractivity (Wildman–Crippen MR) is 58.5 cm³/mol. The minimum atomic E-state index is -1.01. The normalized spacial score (nSPS) is 50.2. The average Bonchev–Trinajstić information content (AvgIpc) is 2.19. The lowest BCUT2D eigenvalue weighted by molar-refractivity contribution is -0.00445. The molecule has 0 heterocycles. The van der Waals surface area contributed by atoms with Crippen LogP contribution >= 0.6 is 0 Å². The van der Waals surface area contributed by atoms with Crippen molar-refractivity contribution >= 4 is 0 Å². The van der Waals surface area contributed by atoms with Crippen molar-refractivity contribution in [1.29, 1.82) is 0 Å². The summed E-state index contributed by atoms with van der Waals surface area (Å²) in [6.45, 7) is 1.91. The molecule has 0 aliphatic heterocycles. The third-order valence-electron chi connectivity index (χ3n) is 4.34. The van der Waals surface area contributed by atoms with E-state index in [1.807, 2.05) is 6.92 Å². The summed E-state index contributed by atoms with van der Waals surface area (Å²) in [5.41, 5.74) is 0. The van der Waals surface area contributed by atoms with Gasteiger partial charge in [-0.15, -0.1) is 0 Å². The molecule has 0 spiro atoms. The lowest BCUT2D eigenvalue weighted by Crippen LogP contribution is -2.41. The highest BCUT2D eigenvalue weighted by Crippen LogP contribution is 2.43. The standard InChI is InChI=1S/C13H21F3/c1-8-6-11(15)13(12(16)7-8)9-2-4-10(14)5-3-9/h8-13H,2-7H2,1H3. The van der Waals surface area contributed by atoms with E-state index in [1.54, 1.807) is 0 Å². The summed E-state index contributed by atoms with van der Waals surface area (Å²) in [6, 6.07) is 0. The Hall–Kier alpha value is -0.210. The molecular weight excluding hydrogens is 213 g/mol. The lowest BCUT2D eigenvalue weighted by atomic mass is 9.69. The fraction of sp³-hybridized carbons (Fsp3) is 1.00. The SMILES string of the molecule is CC1CC(F)C(C2CCC(F)CC2)C(F)C1. The highest BCUT2D eigenvalue weighted by atomic mass is 19.1. The highest BCUT2D eigenvalue weighted by Gasteiger charge is 2.42. The van der Waals surface area contributed by atoms with Crippen molar-refractivity contribution in [1.82, 2.24) is 0 Å². The van der Waals surface area contributed by atoms with E-state index in [0.29, 0.717) is 38.5 Å². The lowest BCUT2D eigenvalue weighted by Gasteiger charge is -2.40. The highest BCUT2D eigenvalue weighted by molar-refractivity contribution is 4.91.